The van der Waals surface area contributed by atoms with Gasteiger partial charge in [-0.25, -0.2) is 9.78 Å². The molecule has 18 heavy (non-hydrogen) atoms. The molecule has 94 valence electrons. The Morgan fingerprint density at radius 1 is 1.44 bits per heavy atom. The largest absolute Gasteiger partial charge is 0.512 e. The van der Waals surface area contributed by atoms with E-state index < -0.39 is 6.16 Å². The molecule has 2 aromatic rings. The Kier molecular flexibility index (Phi) is 4.46. The normalized spacial score (nSPS) is 10.3. The van der Waals surface area contributed by atoms with Gasteiger partial charge in [0.1, 0.15) is 4.21 Å². The highest BCUT2D eigenvalue weighted by Crippen LogP contribution is 2.34. The molecular formula is C11H8ClNO3S2. The highest BCUT2D eigenvalue weighted by Gasteiger charge is 2.11. The van der Waals surface area contributed by atoms with Crippen LogP contribution in [0.3, 0.4) is 0 Å². The topological polar surface area (TPSA) is 59.4 Å². The second kappa shape index (κ2) is 6.08. The van der Waals surface area contributed by atoms with Crippen molar-refractivity contribution in [3.05, 3.63) is 40.4 Å². The van der Waals surface area contributed by atoms with E-state index in [4.69, 9.17) is 16.7 Å². The summed E-state index contributed by atoms with van der Waals surface area (Å²) in [6, 6.07) is 7.49. The minimum absolute atomic E-state index is 0.145. The molecule has 0 amide bonds. The van der Waals surface area contributed by atoms with Crippen molar-refractivity contribution >= 4 is 40.9 Å². The molecule has 0 atom stereocenters. The van der Waals surface area contributed by atoms with Gasteiger partial charge in [0.2, 0.25) is 0 Å². The Hall–Kier alpha value is -1.24. The third-order valence-corrected chi connectivity index (χ3v) is 4.38. The molecule has 0 bridgehead atoms. The Balaban J connectivity index is 1.99. The van der Waals surface area contributed by atoms with Crippen LogP contribution >= 0.6 is 34.7 Å². The van der Waals surface area contributed by atoms with E-state index >= 15 is 0 Å². The van der Waals surface area contributed by atoms with Crippen LogP contribution in [-0.4, -0.2) is 16.2 Å². The summed E-state index contributed by atoms with van der Waals surface area (Å²) in [5.41, 5.74) is 2.65. The summed E-state index contributed by atoms with van der Waals surface area (Å²) >= 11 is 8.62. The zero-order valence-electron chi connectivity index (χ0n) is 9.00. The summed E-state index contributed by atoms with van der Waals surface area (Å²) in [5, 5.41) is 9.24. The fourth-order valence-electron chi connectivity index (χ4n) is 1.20. The van der Waals surface area contributed by atoms with Gasteiger partial charge in [-0.3, -0.25) is 0 Å². The first kappa shape index (κ1) is 13.2. The van der Waals surface area contributed by atoms with Crippen LogP contribution in [0.25, 0.3) is 0 Å². The van der Waals surface area contributed by atoms with Crippen LogP contribution < -0.4 is 4.74 Å². The van der Waals surface area contributed by atoms with E-state index in [1.807, 2.05) is 24.3 Å². The van der Waals surface area contributed by atoms with E-state index in [9.17, 15) is 4.79 Å². The summed E-state index contributed by atoms with van der Waals surface area (Å²) in [4.78, 5) is 14.3. The minimum atomic E-state index is -1.35. The Morgan fingerprint density at radius 2 is 2.17 bits per heavy atom. The third kappa shape index (κ3) is 3.63. The zero-order chi connectivity index (χ0) is 13.0. The van der Waals surface area contributed by atoms with Gasteiger partial charge in [-0.15, -0.1) is 23.1 Å². The number of carbonyl (C=O) groups is 1. The smallest absolute Gasteiger partial charge is 0.449 e. The van der Waals surface area contributed by atoms with Crippen molar-refractivity contribution in [1.29, 1.82) is 0 Å². The lowest BCUT2D eigenvalue weighted by molar-refractivity contribution is 0.142. The molecule has 1 heterocycles. The van der Waals surface area contributed by atoms with Crippen LogP contribution in [0.15, 0.2) is 34.0 Å². The summed E-state index contributed by atoms with van der Waals surface area (Å²) in [7, 11) is 0. The van der Waals surface area contributed by atoms with Crippen LogP contribution in [0, 0.1) is 0 Å². The molecule has 0 aliphatic heterocycles. The highest BCUT2D eigenvalue weighted by molar-refractivity contribution is 8.00. The monoisotopic (exact) mass is 301 g/mol. The molecule has 0 unspecified atom stereocenters. The number of rotatable bonds is 4. The zero-order valence-corrected chi connectivity index (χ0v) is 11.4. The van der Waals surface area contributed by atoms with Gasteiger partial charge in [0, 0.05) is 10.8 Å². The number of halogens is 1. The van der Waals surface area contributed by atoms with E-state index in [1.54, 1.807) is 5.51 Å². The number of carboxylic acid groups (broad SMARTS) is 1. The predicted molar refractivity (Wildman–Crippen MR) is 71.8 cm³/mol. The molecular weight excluding hydrogens is 294 g/mol. The first-order valence-electron chi connectivity index (χ1n) is 4.86. The SMILES string of the molecule is O=C(O)Oc1ncsc1SCc1ccc(Cl)cc1. The molecule has 0 aliphatic rings. The lowest BCUT2D eigenvalue weighted by atomic mass is 10.2. The molecule has 0 aliphatic carbocycles. The van der Waals surface area contributed by atoms with Gasteiger partial charge < -0.3 is 9.84 Å². The van der Waals surface area contributed by atoms with Crippen molar-refractivity contribution in [3.63, 3.8) is 0 Å². The van der Waals surface area contributed by atoms with Crippen molar-refractivity contribution < 1.29 is 14.6 Å². The van der Waals surface area contributed by atoms with E-state index in [-0.39, 0.29) is 5.88 Å². The van der Waals surface area contributed by atoms with Crippen molar-refractivity contribution in [3.8, 4) is 5.88 Å². The molecule has 0 saturated carbocycles. The van der Waals surface area contributed by atoms with Gasteiger partial charge in [0.05, 0.1) is 5.51 Å². The van der Waals surface area contributed by atoms with Gasteiger partial charge in [-0.05, 0) is 17.7 Å². The molecule has 0 spiro atoms. The lowest BCUT2D eigenvalue weighted by Crippen LogP contribution is -2.03. The number of aromatic nitrogens is 1. The number of thiazole rings is 1. The predicted octanol–water partition coefficient (Wildman–Crippen LogP) is 4.15. The average Bonchev–Trinajstić information content (AvgIpc) is 2.75. The summed E-state index contributed by atoms with van der Waals surface area (Å²) < 4.78 is 5.31. The molecule has 1 aromatic heterocycles. The summed E-state index contributed by atoms with van der Waals surface area (Å²) in [6.45, 7) is 0. The minimum Gasteiger partial charge on any atom is -0.449 e. The number of ether oxygens (including phenoxy) is 1. The number of benzene rings is 1. The molecule has 1 aromatic carbocycles. The Morgan fingerprint density at radius 3 is 2.83 bits per heavy atom. The molecule has 0 radical (unpaired) electrons. The van der Waals surface area contributed by atoms with Crippen molar-refractivity contribution in [2.75, 3.05) is 0 Å². The molecule has 1 N–H and O–H groups in total. The first-order valence-corrected chi connectivity index (χ1v) is 7.11. The first-order chi connectivity index (χ1) is 8.65. The van der Waals surface area contributed by atoms with E-state index in [0.717, 1.165) is 9.77 Å². The van der Waals surface area contributed by atoms with Gasteiger partial charge in [0.25, 0.3) is 5.88 Å². The average molecular weight is 302 g/mol. The molecule has 2 rings (SSSR count). The standard InChI is InChI=1S/C11H8ClNO3S2/c12-8-3-1-7(2-4-8)5-17-10-9(13-6-18-10)16-11(14)15/h1-4,6H,5H2,(H,14,15). The fourth-order valence-corrected chi connectivity index (χ4v) is 3.05. The number of nitrogens with zero attached hydrogens (tertiary/aromatic N) is 1. The second-order valence-electron chi connectivity index (χ2n) is 3.23. The quantitative estimate of drug-likeness (QED) is 0.679. The molecule has 0 saturated heterocycles. The third-order valence-electron chi connectivity index (χ3n) is 1.97. The van der Waals surface area contributed by atoms with Crippen molar-refractivity contribution in [1.82, 2.24) is 4.98 Å². The van der Waals surface area contributed by atoms with Gasteiger partial charge in [0.15, 0.2) is 0 Å². The number of hydrogen-bond donors (Lipinski definition) is 1. The van der Waals surface area contributed by atoms with Crippen molar-refractivity contribution in [2.24, 2.45) is 0 Å². The summed E-state index contributed by atoms with van der Waals surface area (Å²) in [5.74, 6) is 0.849. The second-order valence-corrected chi connectivity index (χ2v) is 5.76. The van der Waals surface area contributed by atoms with Gasteiger partial charge >= 0.3 is 6.16 Å². The Labute approximate surface area is 117 Å². The maximum absolute atomic E-state index is 10.4. The number of hydrogen-bond acceptors (Lipinski definition) is 5. The van der Waals surface area contributed by atoms with Gasteiger partial charge in [-0.1, -0.05) is 23.7 Å². The maximum atomic E-state index is 10.4. The molecule has 4 nitrogen and oxygen atoms in total. The maximum Gasteiger partial charge on any atom is 0.512 e. The van der Waals surface area contributed by atoms with Gasteiger partial charge in [-0.2, -0.15) is 0 Å². The van der Waals surface area contributed by atoms with Crippen LogP contribution in [0.4, 0.5) is 4.79 Å². The molecule has 7 heteroatoms. The highest BCUT2D eigenvalue weighted by atomic mass is 35.5. The van der Waals surface area contributed by atoms with E-state index in [1.165, 1.54) is 23.1 Å². The van der Waals surface area contributed by atoms with E-state index in [2.05, 4.69) is 9.72 Å². The van der Waals surface area contributed by atoms with Crippen LogP contribution in [0.2, 0.25) is 5.02 Å². The number of thioether (sulfide) groups is 1. The summed E-state index contributed by atoms with van der Waals surface area (Å²) in [6.07, 6.45) is -1.35. The fraction of sp³-hybridized carbons (Fsp3) is 0.0909. The van der Waals surface area contributed by atoms with E-state index in [0.29, 0.717) is 10.8 Å². The van der Waals surface area contributed by atoms with Crippen LogP contribution in [0.1, 0.15) is 5.56 Å². The Bertz CT molecular complexity index is 541. The lowest BCUT2D eigenvalue weighted by Gasteiger charge is -2.01. The van der Waals surface area contributed by atoms with Crippen LogP contribution in [-0.2, 0) is 5.75 Å². The van der Waals surface area contributed by atoms with Crippen LogP contribution in [0.5, 0.6) is 5.88 Å². The van der Waals surface area contributed by atoms with Crippen molar-refractivity contribution in [2.45, 2.75) is 9.96 Å². The molecule has 0 fully saturated rings.